The molecule has 0 unspecified atom stereocenters. The van der Waals surface area contributed by atoms with Crippen LogP contribution in [0.4, 0.5) is 17.3 Å². The van der Waals surface area contributed by atoms with Crippen LogP contribution in [0.2, 0.25) is 0 Å². The maximum atomic E-state index is 9.76. The Morgan fingerprint density at radius 1 is 1.20 bits per heavy atom. The van der Waals surface area contributed by atoms with Gasteiger partial charge in [0.05, 0.1) is 24.9 Å². The van der Waals surface area contributed by atoms with E-state index in [0.717, 1.165) is 28.4 Å². The van der Waals surface area contributed by atoms with Crippen molar-refractivity contribution in [1.29, 1.82) is 5.26 Å². The van der Waals surface area contributed by atoms with Crippen LogP contribution in [0.25, 0.3) is 0 Å². The zero-order valence-electron chi connectivity index (χ0n) is 14.9. The minimum Gasteiger partial charge on any atom is -0.497 e. The molecule has 0 saturated heterocycles. The standard InChI is InChI=1S/C19H22N4O2/c1-19(2)9-14-15(10-20)18(23-17(21-3)16(14)11-25-19)22-12-5-7-13(24-4)8-6-12/h5-8H,9,11H2,1-4H3,(H2,21,22,23). The Morgan fingerprint density at radius 3 is 2.52 bits per heavy atom. The molecule has 0 fully saturated rings. The molecular formula is C19H22N4O2. The molecule has 0 atom stereocenters. The normalized spacial score (nSPS) is 15.0. The SMILES string of the molecule is CNc1nc(Nc2ccc(OC)cc2)c(C#N)c2c1COC(C)(C)C2. The zero-order chi connectivity index (χ0) is 18.0. The molecule has 0 bridgehead atoms. The molecule has 6 nitrogen and oxygen atoms in total. The van der Waals surface area contributed by atoms with E-state index in [-0.39, 0.29) is 5.60 Å². The fourth-order valence-corrected chi connectivity index (χ4v) is 3.00. The van der Waals surface area contributed by atoms with E-state index in [1.54, 1.807) is 7.11 Å². The number of anilines is 3. The molecule has 0 radical (unpaired) electrons. The highest BCUT2D eigenvalue weighted by molar-refractivity contribution is 5.70. The van der Waals surface area contributed by atoms with E-state index in [9.17, 15) is 5.26 Å². The smallest absolute Gasteiger partial charge is 0.151 e. The lowest BCUT2D eigenvalue weighted by Gasteiger charge is -2.33. The van der Waals surface area contributed by atoms with Crippen LogP contribution in [0.15, 0.2) is 24.3 Å². The highest BCUT2D eigenvalue weighted by Crippen LogP contribution is 2.36. The molecule has 0 amide bonds. The maximum absolute atomic E-state index is 9.76. The number of nitriles is 1. The number of nitrogens with zero attached hydrogens (tertiary/aromatic N) is 2. The van der Waals surface area contributed by atoms with E-state index in [4.69, 9.17) is 9.47 Å². The van der Waals surface area contributed by atoms with Crippen molar-refractivity contribution in [3.05, 3.63) is 41.0 Å². The molecule has 130 valence electrons. The third kappa shape index (κ3) is 3.37. The van der Waals surface area contributed by atoms with Crippen molar-refractivity contribution >= 4 is 17.3 Å². The number of methoxy groups -OCH3 is 1. The largest absolute Gasteiger partial charge is 0.497 e. The number of hydrogen-bond acceptors (Lipinski definition) is 6. The molecule has 2 aromatic rings. The molecule has 25 heavy (non-hydrogen) atoms. The number of fused-ring (bicyclic) bond motifs is 1. The first-order valence-electron chi connectivity index (χ1n) is 8.16. The van der Waals surface area contributed by atoms with Gasteiger partial charge in [-0.05, 0) is 43.7 Å². The van der Waals surface area contributed by atoms with Crippen LogP contribution in [0.1, 0.15) is 30.5 Å². The van der Waals surface area contributed by atoms with Gasteiger partial charge < -0.3 is 20.1 Å². The van der Waals surface area contributed by atoms with Crippen molar-refractivity contribution in [3.63, 3.8) is 0 Å². The van der Waals surface area contributed by atoms with Crippen molar-refractivity contribution in [3.8, 4) is 11.8 Å². The fourth-order valence-electron chi connectivity index (χ4n) is 3.00. The second-order valence-corrected chi connectivity index (χ2v) is 6.58. The van der Waals surface area contributed by atoms with Crippen molar-refractivity contribution in [1.82, 2.24) is 4.98 Å². The van der Waals surface area contributed by atoms with Crippen LogP contribution in [0.3, 0.4) is 0 Å². The van der Waals surface area contributed by atoms with Gasteiger partial charge >= 0.3 is 0 Å². The first-order valence-corrected chi connectivity index (χ1v) is 8.16. The first kappa shape index (κ1) is 17.1. The molecule has 1 aromatic carbocycles. The summed E-state index contributed by atoms with van der Waals surface area (Å²) in [6.45, 7) is 4.52. The summed E-state index contributed by atoms with van der Waals surface area (Å²) in [5.74, 6) is 2.06. The number of aromatic nitrogens is 1. The van der Waals surface area contributed by atoms with Gasteiger partial charge in [0.15, 0.2) is 5.82 Å². The van der Waals surface area contributed by atoms with Crippen molar-refractivity contribution in [2.24, 2.45) is 0 Å². The summed E-state index contributed by atoms with van der Waals surface area (Å²) in [6, 6.07) is 9.84. The maximum Gasteiger partial charge on any atom is 0.151 e. The van der Waals surface area contributed by atoms with Gasteiger partial charge in [-0.3, -0.25) is 0 Å². The second kappa shape index (κ2) is 6.61. The van der Waals surface area contributed by atoms with Crippen molar-refractivity contribution in [2.75, 3.05) is 24.8 Å². The highest BCUT2D eigenvalue weighted by Gasteiger charge is 2.31. The molecule has 1 aliphatic heterocycles. The van der Waals surface area contributed by atoms with Gasteiger partial charge in [-0.2, -0.15) is 5.26 Å². The number of nitrogens with one attached hydrogen (secondary N) is 2. The Kier molecular flexibility index (Phi) is 4.51. The van der Waals surface area contributed by atoms with Crippen LogP contribution in [-0.2, 0) is 17.8 Å². The number of benzene rings is 1. The average Bonchev–Trinajstić information content (AvgIpc) is 2.60. The third-order valence-electron chi connectivity index (χ3n) is 4.32. The van der Waals surface area contributed by atoms with Crippen molar-refractivity contribution < 1.29 is 9.47 Å². The molecular weight excluding hydrogens is 316 g/mol. The zero-order valence-corrected chi connectivity index (χ0v) is 14.9. The lowest BCUT2D eigenvalue weighted by Crippen LogP contribution is -2.33. The van der Waals surface area contributed by atoms with Crippen LogP contribution < -0.4 is 15.4 Å². The van der Waals surface area contributed by atoms with Crippen LogP contribution in [0, 0.1) is 11.3 Å². The van der Waals surface area contributed by atoms with Gasteiger partial charge in [0.2, 0.25) is 0 Å². The Labute approximate surface area is 147 Å². The molecule has 6 heteroatoms. The van der Waals surface area contributed by atoms with Gasteiger partial charge in [0.25, 0.3) is 0 Å². The Hall–Kier alpha value is -2.78. The lowest BCUT2D eigenvalue weighted by molar-refractivity contribution is -0.0399. The first-order chi connectivity index (χ1) is 12.0. The van der Waals surface area contributed by atoms with Gasteiger partial charge in [-0.1, -0.05) is 0 Å². The van der Waals surface area contributed by atoms with Crippen LogP contribution in [-0.4, -0.2) is 24.7 Å². The monoisotopic (exact) mass is 338 g/mol. The number of pyridine rings is 1. The molecule has 2 N–H and O–H groups in total. The summed E-state index contributed by atoms with van der Waals surface area (Å²) in [6.07, 6.45) is 0.666. The summed E-state index contributed by atoms with van der Waals surface area (Å²) in [5, 5.41) is 16.1. The summed E-state index contributed by atoms with van der Waals surface area (Å²) in [4.78, 5) is 4.60. The average molecular weight is 338 g/mol. The molecule has 1 aliphatic rings. The van der Waals surface area contributed by atoms with Crippen LogP contribution >= 0.6 is 0 Å². The van der Waals surface area contributed by atoms with E-state index in [1.807, 2.05) is 45.2 Å². The third-order valence-corrected chi connectivity index (χ3v) is 4.32. The fraction of sp³-hybridized carbons (Fsp3) is 0.368. The number of rotatable bonds is 4. The van der Waals surface area contributed by atoms with E-state index in [2.05, 4.69) is 21.7 Å². The number of ether oxygens (including phenoxy) is 2. The summed E-state index contributed by atoms with van der Waals surface area (Å²) in [5.41, 5.74) is 3.06. The van der Waals surface area contributed by atoms with E-state index in [0.29, 0.717) is 24.4 Å². The second-order valence-electron chi connectivity index (χ2n) is 6.58. The summed E-state index contributed by atoms with van der Waals surface area (Å²) in [7, 11) is 3.45. The van der Waals surface area contributed by atoms with E-state index in [1.165, 1.54) is 0 Å². The predicted molar refractivity (Wildman–Crippen MR) is 97.3 cm³/mol. The molecule has 0 aliphatic carbocycles. The molecule has 1 aromatic heterocycles. The summed E-state index contributed by atoms with van der Waals surface area (Å²) < 4.78 is 11.1. The Balaban J connectivity index is 2.05. The molecule has 0 spiro atoms. The van der Waals surface area contributed by atoms with Gasteiger partial charge in [-0.25, -0.2) is 4.98 Å². The van der Waals surface area contributed by atoms with Crippen LogP contribution in [0.5, 0.6) is 5.75 Å². The Bertz CT molecular complexity index is 823. The Morgan fingerprint density at radius 2 is 1.92 bits per heavy atom. The van der Waals surface area contributed by atoms with E-state index < -0.39 is 0 Å². The topological polar surface area (TPSA) is 79.2 Å². The molecule has 3 rings (SSSR count). The highest BCUT2D eigenvalue weighted by atomic mass is 16.5. The minimum absolute atomic E-state index is 0.303. The molecule has 2 heterocycles. The minimum atomic E-state index is -0.303. The van der Waals surface area contributed by atoms with Crippen molar-refractivity contribution in [2.45, 2.75) is 32.5 Å². The number of hydrogen-bond donors (Lipinski definition) is 2. The lowest BCUT2D eigenvalue weighted by atomic mass is 9.89. The summed E-state index contributed by atoms with van der Waals surface area (Å²) >= 11 is 0. The predicted octanol–water partition coefficient (Wildman–Crippen LogP) is 3.60. The van der Waals surface area contributed by atoms with E-state index >= 15 is 0 Å². The van der Waals surface area contributed by atoms with Gasteiger partial charge in [0.1, 0.15) is 17.6 Å². The quantitative estimate of drug-likeness (QED) is 0.887. The van der Waals surface area contributed by atoms with Gasteiger partial charge in [0, 0.05) is 24.7 Å². The van der Waals surface area contributed by atoms with Gasteiger partial charge in [-0.15, -0.1) is 0 Å². The molecule has 0 saturated carbocycles.